The molecule has 0 fully saturated rings. The van der Waals surface area contributed by atoms with Crippen LogP contribution in [-0.4, -0.2) is 27.1 Å². The third kappa shape index (κ3) is 8.85. The quantitative estimate of drug-likeness (QED) is 0.193. The molecule has 32 heavy (non-hydrogen) atoms. The van der Waals surface area contributed by atoms with Crippen LogP contribution in [0.1, 0.15) is 79.9 Å². The largest absolute Gasteiger partial charge is 0.426 e. The normalized spacial score (nSPS) is 13.3. The summed E-state index contributed by atoms with van der Waals surface area (Å²) < 4.78 is 25.8. The molecule has 0 radical (unpaired) electrons. The van der Waals surface area contributed by atoms with Crippen molar-refractivity contribution in [3.8, 4) is 5.75 Å². The first-order valence-electron chi connectivity index (χ1n) is 11.4. The fraction of sp³-hybridized carbons (Fsp3) is 0.680. The summed E-state index contributed by atoms with van der Waals surface area (Å²) in [7, 11) is -3.34. The maximum Gasteiger partial charge on any atom is 0.397 e. The summed E-state index contributed by atoms with van der Waals surface area (Å²) in [6, 6.07) is 4.09. The minimum absolute atomic E-state index is 0.000312. The van der Waals surface area contributed by atoms with Gasteiger partial charge in [0.25, 0.3) is 0 Å². The van der Waals surface area contributed by atoms with Crippen molar-refractivity contribution in [2.45, 2.75) is 104 Å². The monoisotopic (exact) mass is 546 g/mol. The molecule has 4 nitrogen and oxygen atoms in total. The van der Waals surface area contributed by atoms with Crippen molar-refractivity contribution in [1.82, 2.24) is 0 Å². The van der Waals surface area contributed by atoms with Gasteiger partial charge < -0.3 is 8.95 Å². The molecule has 0 unspecified atom stereocenters. The van der Waals surface area contributed by atoms with E-state index in [0.29, 0.717) is 6.61 Å². The highest BCUT2D eigenvalue weighted by atomic mass is 79.9. The van der Waals surface area contributed by atoms with Crippen molar-refractivity contribution in [3.63, 3.8) is 0 Å². The van der Waals surface area contributed by atoms with Gasteiger partial charge in [-0.15, -0.1) is 0 Å². The zero-order valence-electron chi connectivity index (χ0n) is 22.0. The van der Waals surface area contributed by atoms with Gasteiger partial charge in [-0.05, 0) is 75.4 Å². The van der Waals surface area contributed by atoms with Crippen LogP contribution in [0.5, 0.6) is 5.75 Å². The van der Waals surface area contributed by atoms with Gasteiger partial charge in [0.15, 0.2) is 8.32 Å². The van der Waals surface area contributed by atoms with E-state index in [-0.39, 0.29) is 22.7 Å². The molecule has 1 rings (SSSR count). The van der Waals surface area contributed by atoms with Crippen LogP contribution in [0.2, 0.25) is 18.1 Å². The molecule has 0 heterocycles. The van der Waals surface area contributed by atoms with E-state index in [4.69, 9.17) is 18.0 Å². The molecule has 0 aliphatic carbocycles. The highest BCUT2D eigenvalue weighted by molar-refractivity contribution is 9.10. The van der Waals surface area contributed by atoms with E-state index in [0.717, 1.165) is 27.8 Å². The smallest absolute Gasteiger partial charge is 0.397 e. The zero-order chi connectivity index (χ0) is 24.9. The first-order chi connectivity index (χ1) is 14.5. The maximum absolute atomic E-state index is 6.49. The Balaban J connectivity index is 3.27. The predicted molar refractivity (Wildman–Crippen MR) is 145 cm³/mol. The highest BCUT2D eigenvalue weighted by Crippen LogP contribution is 2.48. The minimum atomic E-state index is -1.81. The lowest BCUT2D eigenvalue weighted by atomic mass is 9.78. The Morgan fingerprint density at radius 3 is 2.00 bits per heavy atom. The van der Waals surface area contributed by atoms with E-state index in [1.54, 1.807) is 0 Å². The molecular weight excluding hydrogens is 503 g/mol. The summed E-state index contributed by atoms with van der Waals surface area (Å²) in [6.07, 6.45) is 2.76. The van der Waals surface area contributed by atoms with Crippen molar-refractivity contribution < 1.29 is 18.0 Å². The van der Waals surface area contributed by atoms with E-state index in [1.165, 1.54) is 0 Å². The van der Waals surface area contributed by atoms with Crippen LogP contribution in [0.25, 0.3) is 6.08 Å². The molecule has 0 aliphatic heterocycles. The average molecular weight is 548 g/mol. The Morgan fingerprint density at radius 2 is 1.56 bits per heavy atom. The molecule has 0 aliphatic rings. The molecule has 0 amide bonds. The topological polar surface area (TPSA) is 36.9 Å². The lowest BCUT2D eigenvalue weighted by molar-refractivity contribution is 0.143. The average Bonchev–Trinajstić information content (AvgIpc) is 2.58. The lowest BCUT2D eigenvalue weighted by Gasteiger charge is -2.38. The number of hydrogen-bond donors (Lipinski definition) is 0. The first-order valence-corrected chi connectivity index (χ1v) is 16.2. The second kappa shape index (κ2) is 11.9. The van der Waals surface area contributed by atoms with Gasteiger partial charge in [0.2, 0.25) is 0 Å². The summed E-state index contributed by atoms with van der Waals surface area (Å²) in [4.78, 5) is 0. The van der Waals surface area contributed by atoms with Crippen LogP contribution in [-0.2, 0) is 18.9 Å². The van der Waals surface area contributed by atoms with Gasteiger partial charge in [-0.3, -0.25) is 9.05 Å². The van der Waals surface area contributed by atoms with Gasteiger partial charge in [0.05, 0.1) is 12.2 Å². The van der Waals surface area contributed by atoms with Crippen molar-refractivity contribution >= 4 is 38.9 Å². The SMILES string of the molecule is C=Cc1cc(Br)cc(OP(OC(C)C)OC(C)C)c1C(C)(C)CCO[Si](C)(C)C(C)(C)C. The van der Waals surface area contributed by atoms with Gasteiger partial charge in [0.1, 0.15) is 5.75 Å². The van der Waals surface area contributed by atoms with E-state index in [1.807, 2.05) is 39.8 Å². The predicted octanol–water partition coefficient (Wildman–Crippen LogP) is 9.24. The Morgan fingerprint density at radius 1 is 1.03 bits per heavy atom. The molecule has 1 aromatic rings. The molecule has 0 atom stereocenters. The number of rotatable bonds is 12. The van der Waals surface area contributed by atoms with Crippen LogP contribution in [0, 0.1) is 0 Å². The second-order valence-corrected chi connectivity index (χ2v) is 17.7. The zero-order valence-corrected chi connectivity index (χ0v) is 25.4. The molecule has 0 bridgehead atoms. The second-order valence-electron chi connectivity index (χ2n) is 10.9. The van der Waals surface area contributed by atoms with E-state index < -0.39 is 16.9 Å². The number of hydrogen-bond acceptors (Lipinski definition) is 4. The Labute approximate surface area is 207 Å². The summed E-state index contributed by atoms with van der Waals surface area (Å²) in [5.41, 5.74) is 1.94. The lowest BCUT2D eigenvalue weighted by Crippen LogP contribution is -2.41. The molecule has 0 aromatic heterocycles. The van der Waals surface area contributed by atoms with Crippen molar-refractivity contribution in [2.24, 2.45) is 0 Å². The Bertz CT molecular complexity index is 747. The van der Waals surface area contributed by atoms with E-state index in [9.17, 15) is 0 Å². The van der Waals surface area contributed by atoms with Gasteiger partial charge in [0, 0.05) is 16.6 Å². The van der Waals surface area contributed by atoms with E-state index >= 15 is 0 Å². The summed E-state index contributed by atoms with van der Waals surface area (Å²) in [6.45, 7) is 28.6. The van der Waals surface area contributed by atoms with Crippen molar-refractivity contribution in [1.29, 1.82) is 0 Å². The Kier molecular flexibility index (Phi) is 11.1. The molecule has 1 aromatic carbocycles. The fourth-order valence-corrected chi connectivity index (χ4v) is 5.58. The number of benzene rings is 1. The molecule has 0 saturated heterocycles. The van der Waals surface area contributed by atoms with Gasteiger partial charge >= 0.3 is 8.60 Å². The van der Waals surface area contributed by atoms with E-state index in [2.05, 4.69) is 76.3 Å². The maximum atomic E-state index is 6.49. The van der Waals surface area contributed by atoms with Crippen LogP contribution >= 0.6 is 24.5 Å². The molecule has 7 heteroatoms. The van der Waals surface area contributed by atoms with Gasteiger partial charge in [-0.25, -0.2) is 0 Å². The summed E-state index contributed by atoms with van der Waals surface area (Å²) in [5.74, 6) is 0.763. The fourth-order valence-electron chi connectivity index (χ4n) is 2.95. The molecule has 0 saturated carbocycles. The third-order valence-corrected chi connectivity index (χ3v) is 12.3. The number of halogens is 1. The molecule has 184 valence electrons. The molecule has 0 N–H and O–H groups in total. The van der Waals surface area contributed by atoms with Crippen LogP contribution < -0.4 is 4.52 Å². The van der Waals surface area contributed by atoms with Crippen LogP contribution in [0.4, 0.5) is 0 Å². The summed E-state index contributed by atoms with van der Waals surface area (Å²) >= 11 is 3.63. The minimum Gasteiger partial charge on any atom is -0.426 e. The molecular formula is C25H44BrO4PSi. The molecule has 0 spiro atoms. The third-order valence-electron chi connectivity index (χ3n) is 5.76. The standard InChI is InChI=1S/C25H44BrO4PSi/c1-13-20-16-21(26)17-22(30-31(28-18(2)3)29-19(4)5)23(20)25(9,10)14-15-27-32(11,12)24(6,7)8/h13,16-19H,1,14-15H2,2-12H3. The van der Waals surface area contributed by atoms with Gasteiger partial charge in [-0.2, -0.15) is 0 Å². The van der Waals surface area contributed by atoms with Crippen LogP contribution in [0.15, 0.2) is 23.2 Å². The van der Waals surface area contributed by atoms with Crippen molar-refractivity contribution in [2.75, 3.05) is 6.61 Å². The van der Waals surface area contributed by atoms with Crippen molar-refractivity contribution in [3.05, 3.63) is 34.3 Å². The summed E-state index contributed by atoms with van der Waals surface area (Å²) in [5, 5.41) is 0.188. The van der Waals surface area contributed by atoms with Gasteiger partial charge in [-0.1, -0.05) is 63.2 Å². The first kappa shape index (κ1) is 29.8. The Hall–Kier alpha value is -0.233. The van der Waals surface area contributed by atoms with Crippen LogP contribution in [0.3, 0.4) is 0 Å². The highest BCUT2D eigenvalue weighted by Gasteiger charge is 2.38.